The van der Waals surface area contributed by atoms with Gasteiger partial charge in [0.05, 0.1) is 5.56 Å². The highest BCUT2D eigenvalue weighted by molar-refractivity contribution is 7.17. The second-order valence-corrected chi connectivity index (χ2v) is 7.62. The second-order valence-electron chi connectivity index (χ2n) is 6.52. The van der Waals surface area contributed by atoms with E-state index in [9.17, 15) is 9.59 Å². The van der Waals surface area contributed by atoms with Gasteiger partial charge in [-0.3, -0.25) is 14.5 Å². The Morgan fingerprint density at radius 3 is 2.70 bits per heavy atom. The van der Waals surface area contributed by atoms with Crippen LogP contribution >= 0.6 is 11.3 Å². The summed E-state index contributed by atoms with van der Waals surface area (Å²) in [6.07, 6.45) is 6.19. The van der Waals surface area contributed by atoms with E-state index in [-0.39, 0.29) is 11.8 Å². The molecular weight excluding hydrogens is 310 g/mol. The minimum atomic E-state index is -0.425. The molecule has 0 radical (unpaired) electrons. The number of nitrogens with two attached hydrogens (primary N) is 1. The van der Waals surface area contributed by atoms with Crippen molar-refractivity contribution in [1.82, 2.24) is 4.90 Å². The van der Waals surface area contributed by atoms with Crippen LogP contribution in [-0.4, -0.2) is 29.8 Å². The molecule has 1 fully saturated rings. The number of nitrogens with one attached hydrogen (secondary N) is 1. The second kappa shape index (κ2) is 7.01. The summed E-state index contributed by atoms with van der Waals surface area (Å²) in [6.45, 7) is 4.92. The summed E-state index contributed by atoms with van der Waals surface area (Å²) in [7, 11) is 0. The number of nitrogens with zero attached hydrogens (tertiary/aromatic N) is 1. The molecule has 0 unspecified atom stereocenters. The van der Waals surface area contributed by atoms with Gasteiger partial charge in [-0.15, -0.1) is 11.3 Å². The lowest BCUT2D eigenvalue weighted by Gasteiger charge is -2.25. The molecule has 1 aromatic rings. The minimum Gasteiger partial charge on any atom is -0.365 e. The molecule has 1 aliphatic heterocycles. The Labute approximate surface area is 141 Å². The topological polar surface area (TPSA) is 75.4 Å². The average Bonchev–Trinajstić information content (AvgIpc) is 2.92. The summed E-state index contributed by atoms with van der Waals surface area (Å²) in [5.41, 5.74) is 7.20. The van der Waals surface area contributed by atoms with Crippen LogP contribution in [0.1, 0.15) is 59.8 Å². The van der Waals surface area contributed by atoms with Crippen molar-refractivity contribution in [3.63, 3.8) is 0 Å². The molecule has 6 heteroatoms. The van der Waals surface area contributed by atoms with E-state index < -0.39 is 5.91 Å². The molecule has 0 aromatic carbocycles. The lowest BCUT2D eigenvalue weighted by Crippen LogP contribution is -2.30. The molecule has 1 saturated carbocycles. The van der Waals surface area contributed by atoms with Crippen LogP contribution in [0.2, 0.25) is 0 Å². The lowest BCUT2D eigenvalue weighted by molar-refractivity contribution is -0.120. The number of primary amides is 1. The smallest absolute Gasteiger partial charge is 0.251 e. The normalized spacial score (nSPS) is 19.3. The Balaban J connectivity index is 1.82. The van der Waals surface area contributed by atoms with E-state index in [0.29, 0.717) is 10.6 Å². The van der Waals surface area contributed by atoms with E-state index in [4.69, 9.17) is 5.73 Å². The van der Waals surface area contributed by atoms with E-state index in [0.717, 1.165) is 57.3 Å². The Morgan fingerprint density at radius 1 is 1.30 bits per heavy atom. The maximum Gasteiger partial charge on any atom is 0.251 e. The van der Waals surface area contributed by atoms with Crippen LogP contribution in [-0.2, 0) is 17.8 Å². The SMILES string of the molecule is CCN1CCc2c(sc(NC(=O)C3CCCCC3)c2C(N)=O)C1. The van der Waals surface area contributed by atoms with Gasteiger partial charge in [-0.25, -0.2) is 0 Å². The van der Waals surface area contributed by atoms with Crippen LogP contribution in [0, 0.1) is 5.92 Å². The van der Waals surface area contributed by atoms with Gasteiger partial charge in [0.15, 0.2) is 0 Å². The van der Waals surface area contributed by atoms with Gasteiger partial charge in [-0.1, -0.05) is 26.2 Å². The Kier molecular flexibility index (Phi) is 5.02. The molecule has 0 spiro atoms. The van der Waals surface area contributed by atoms with Crippen LogP contribution in [0.5, 0.6) is 0 Å². The molecule has 0 atom stereocenters. The largest absolute Gasteiger partial charge is 0.365 e. The number of amides is 2. The van der Waals surface area contributed by atoms with E-state index >= 15 is 0 Å². The molecule has 0 bridgehead atoms. The lowest BCUT2D eigenvalue weighted by atomic mass is 9.88. The van der Waals surface area contributed by atoms with E-state index in [1.807, 2.05) is 0 Å². The van der Waals surface area contributed by atoms with Crippen LogP contribution in [0.25, 0.3) is 0 Å². The molecule has 23 heavy (non-hydrogen) atoms. The van der Waals surface area contributed by atoms with Crippen molar-refractivity contribution >= 4 is 28.2 Å². The van der Waals surface area contributed by atoms with Crippen molar-refractivity contribution in [3.8, 4) is 0 Å². The fourth-order valence-corrected chi connectivity index (χ4v) is 4.95. The van der Waals surface area contributed by atoms with Gasteiger partial charge in [0.2, 0.25) is 5.91 Å². The fourth-order valence-electron chi connectivity index (χ4n) is 3.65. The number of hydrogen-bond acceptors (Lipinski definition) is 4. The fraction of sp³-hybridized carbons (Fsp3) is 0.647. The molecule has 2 heterocycles. The third-order valence-electron chi connectivity index (χ3n) is 5.04. The molecule has 3 N–H and O–H groups in total. The summed E-state index contributed by atoms with van der Waals surface area (Å²) < 4.78 is 0. The maximum absolute atomic E-state index is 12.5. The number of thiophene rings is 1. The number of carbonyl (C=O) groups is 2. The molecule has 5 nitrogen and oxygen atoms in total. The van der Waals surface area contributed by atoms with E-state index in [2.05, 4.69) is 17.1 Å². The van der Waals surface area contributed by atoms with Crippen LogP contribution < -0.4 is 11.1 Å². The Bertz CT molecular complexity index is 605. The van der Waals surface area contributed by atoms with Gasteiger partial charge in [0.1, 0.15) is 5.00 Å². The summed E-state index contributed by atoms with van der Waals surface area (Å²) >= 11 is 1.53. The van der Waals surface area contributed by atoms with Crippen molar-refractivity contribution in [3.05, 3.63) is 16.0 Å². The van der Waals surface area contributed by atoms with Crippen molar-refractivity contribution in [2.24, 2.45) is 11.7 Å². The number of likely N-dealkylation sites (N-methyl/N-ethyl adjacent to an activating group) is 1. The molecule has 2 amide bonds. The first-order valence-electron chi connectivity index (χ1n) is 8.57. The summed E-state index contributed by atoms with van der Waals surface area (Å²) in [5, 5.41) is 3.67. The van der Waals surface area contributed by atoms with Crippen LogP contribution in [0.15, 0.2) is 0 Å². The summed E-state index contributed by atoms with van der Waals surface area (Å²) in [4.78, 5) is 28.0. The zero-order valence-electron chi connectivity index (χ0n) is 13.7. The molecule has 0 saturated heterocycles. The minimum absolute atomic E-state index is 0.0538. The molecule has 1 aromatic heterocycles. The highest BCUT2D eigenvalue weighted by Crippen LogP contribution is 2.37. The molecule has 2 aliphatic rings. The number of rotatable bonds is 4. The van der Waals surface area contributed by atoms with Crippen molar-refractivity contribution < 1.29 is 9.59 Å². The zero-order chi connectivity index (χ0) is 16.4. The van der Waals surface area contributed by atoms with Crippen molar-refractivity contribution in [2.75, 3.05) is 18.4 Å². The highest BCUT2D eigenvalue weighted by atomic mass is 32.1. The summed E-state index contributed by atoms with van der Waals surface area (Å²) in [6, 6.07) is 0. The van der Waals surface area contributed by atoms with E-state index in [1.54, 1.807) is 0 Å². The molecular formula is C17H25N3O2S. The number of carbonyl (C=O) groups excluding carboxylic acids is 2. The molecule has 3 rings (SSSR count). The first-order chi connectivity index (χ1) is 11.1. The monoisotopic (exact) mass is 335 g/mol. The zero-order valence-corrected chi connectivity index (χ0v) is 14.5. The number of anilines is 1. The van der Waals surface area contributed by atoms with Gasteiger partial charge < -0.3 is 11.1 Å². The van der Waals surface area contributed by atoms with Gasteiger partial charge in [-0.05, 0) is 31.4 Å². The highest BCUT2D eigenvalue weighted by Gasteiger charge is 2.29. The molecule has 1 aliphatic carbocycles. The van der Waals surface area contributed by atoms with E-state index in [1.165, 1.54) is 22.6 Å². The first-order valence-corrected chi connectivity index (χ1v) is 9.39. The Hall–Kier alpha value is -1.40. The van der Waals surface area contributed by atoms with Crippen molar-refractivity contribution in [1.29, 1.82) is 0 Å². The third kappa shape index (κ3) is 3.43. The first kappa shape index (κ1) is 16.5. The average molecular weight is 335 g/mol. The van der Waals surface area contributed by atoms with Gasteiger partial charge >= 0.3 is 0 Å². The summed E-state index contributed by atoms with van der Waals surface area (Å²) in [5.74, 6) is -0.291. The quantitative estimate of drug-likeness (QED) is 0.888. The van der Waals surface area contributed by atoms with Crippen LogP contribution in [0.4, 0.5) is 5.00 Å². The van der Waals surface area contributed by atoms with Crippen LogP contribution in [0.3, 0.4) is 0 Å². The third-order valence-corrected chi connectivity index (χ3v) is 6.17. The number of fused-ring (bicyclic) bond motifs is 1. The van der Waals surface area contributed by atoms with Gasteiger partial charge in [0, 0.05) is 23.9 Å². The van der Waals surface area contributed by atoms with Gasteiger partial charge in [0.25, 0.3) is 5.91 Å². The number of hydrogen-bond donors (Lipinski definition) is 2. The van der Waals surface area contributed by atoms with Crippen molar-refractivity contribution in [2.45, 2.75) is 52.0 Å². The predicted molar refractivity (Wildman–Crippen MR) is 92.7 cm³/mol. The maximum atomic E-state index is 12.5. The van der Waals surface area contributed by atoms with Gasteiger partial charge in [-0.2, -0.15) is 0 Å². The standard InChI is InChI=1S/C17H25N3O2S/c1-2-20-9-8-12-13(10-20)23-17(14(12)15(18)21)19-16(22)11-6-4-3-5-7-11/h11H,2-10H2,1H3,(H2,18,21)(H,19,22). The molecule has 126 valence electrons. The Morgan fingerprint density at radius 2 is 2.04 bits per heavy atom. The predicted octanol–water partition coefficient (Wildman–Crippen LogP) is 2.74.